The topological polar surface area (TPSA) is 66.0 Å². The van der Waals surface area contributed by atoms with Crippen LogP contribution in [-0.4, -0.2) is 76.5 Å². The number of quaternary nitrogens is 1. The molecule has 134 valence electrons. The second-order valence-electron chi connectivity index (χ2n) is 6.22. The number of fused-ring (bicyclic) bond motifs is 2. The van der Waals surface area contributed by atoms with Gasteiger partial charge in [0.25, 0.3) is 0 Å². The highest BCUT2D eigenvalue weighted by atomic mass is 16.3. The van der Waals surface area contributed by atoms with Crippen molar-refractivity contribution >= 4 is 11.7 Å². The average Bonchev–Trinajstić information content (AvgIpc) is 3.17. The minimum absolute atomic E-state index is 0.0632. The number of nitrogens with one attached hydrogen (secondary N) is 1. The Balaban J connectivity index is 0.000000256. The summed E-state index contributed by atoms with van der Waals surface area (Å²) in [5.74, 6) is 0. The third kappa shape index (κ3) is 3.96. The molecule has 3 heterocycles. The molecule has 0 saturated carbocycles. The highest BCUT2D eigenvalue weighted by molar-refractivity contribution is 5.80. The van der Waals surface area contributed by atoms with Gasteiger partial charge < -0.3 is 19.8 Å². The van der Waals surface area contributed by atoms with Gasteiger partial charge in [-0.05, 0) is 32.9 Å². The van der Waals surface area contributed by atoms with Gasteiger partial charge in [0.05, 0.1) is 50.2 Å². The van der Waals surface area contributed by atoms with Gasteiger partial charge in [-0.2, -0.15) is 5.10 Å². The molecule has 1 saturated heterocycles. The normalized spacial score (nSPS) is 19.5. The lowest BCUT2D eigenvalue weighted by Crippen LogP contribution is -3.11. The molecule has 2 amide bonds. The van der Waals surface area contributed by atoms with E-state index in [-0.39, 0.29) is 18.7 Å². The number of urea groups is 1. The Kier molecular flexibility index (Phi) is 6.39. The van der Waals surface area contributed by atoms with Crippen molar-refractivity contribution in [3.63, 3.8) is 0 Å². The second kappa shape index (κ2) is 8.30. The highest BCUT2D eigenvalue weighted by Gasteiger charge is 2.37. The molecule has 2 N–H and O–H groups in total. The van der Waals surface area contributed by atoms with Gasteiger partial charge in [-0.15, -0.1) is 0 Å². The van der Waals surface area contributed by atoms with Gasteiger partial charge in [0.2, 0.25) is 0 Å². The van der Waals surface area contributed by atoms with Gasteiger partial charge in [-0.25, -0.2) is 9.48 Å². The van der Waals surface area contributed by atoms with Gasteiger partial charge in [0.1, 0.15) is 0 Å². The lowest BCUT2D eigenvalue weighted by atomic mass is 10.2. The monoisotopic (exact) mass is 336 g/mol. The van der Waals surface area contributed by atoms with E-state index < -0.39 is 0 Å². The molecule has 0 radical (unpaired) electrons. The molecular formula is C17H30N5O2+. The van der Waals surface area contributed by atoms with E-state index in [1.165, 1.54) is 19.6 Å². The Bertz CT molecular complexity index is 574. The van der Waals surface area contributed by atoms with Crippen molar-refractivity contribution < 1.29 is 14.8 Å². The molecule has 2 bridgehead atoms. The number of hydrogen-bond acceptors (Lipinski definition) is 3. The van der Waals surface area contributed by atoms with Crippen molar-refractivity contribution in [2.75, 3.05) is 39.8 Å². The van der Waals surface area contributed by atoms with Crippen LogP contribution in [0, 0.1) is 0 Å². The van der Waals surface area contributed by atoms with Crippen LogP contribution in [0.2, 0.25) is 0 Å². The van der Waals surface area contributed by atoms with Crippen molar-refractivity contribution in [2.24, 2.45) is 0 Å². The van der Waals surface area contributed by atoms with Gasteiger partial charge in [0.15, 0.2) is 0 Å². The summed E-state index contributed by atoms with van der Waals surface area (Å²) in [6.45, 7) is 11.8. The molecule has 24 heavy (non-hydrogen) atoms. The Labute approximate surface area is 144 Å². The van der Waals surface area contributed by atoms with Gasteiger partial charge >= 0.3 is 6.03 Å². The van der Waals surface area contributed by atoms with E-state index in [1.54, 1.807) is 25.4 Å². The van der Waals surface area contributed by atoms with E-state index in [0.29, 0.717) is 12.2 Å². The zero-order chi connectivity index (χ0) is 17.7. The molecule has 1 aromatic heterocycles. The first kappa shape index (κ1) is 18.5. The summed E-state index contributed by atoms with van der Waals surface area (Å²) in [5.41, 5.74) is 1.62. The molecule has 1 aromatic rings. The first-order chi connectivity index (χ1) is 11.5. The number of hydrogen-bond donors (Lipinski definition) is 2. The number of carbonyl (C=O) groups is 1. The third-order valence-electron chi connectivity index (χ3n) is 4.82. The van der Waals surface area contributed by atoms with Crippen LogP contribution in [0.4, 0.5) is 4.79 Å². The smallest absolute Gasteiger partial charge is 0.320 e. The quantitative estimate of drug-likeness (QED) is 0.789. The molecule has 1 fully saturated rings. The van der Waals surface area contributed by atoms with Crippen molar-refractivity contribution in [3.05, 3.63) is 24.0 Å². The lowest BCUT2D eigenvalue weighted by molar-refractivity contribution is -0.894. The molecule has 7 nitrogen and oxygen atoms in total. The van der Waals surface area contributed by atoms with Crippen molar-refractivity contribution in [2.45, 2.75) is 33.4 Å². The summed E-state index contributed by atoms with van der Waals surface area (Å²) >= 11 is 0. The largest absolute Gasteiger partial charge is 0.390 e. The maximum atomic E-state index is 11.8. The van der Waals surface area contributed by atoms with Crippen LogP contribution >= 0.6 is 0 Å². The van der Waals surface area contributed by atoms with Crippen molar-refractivity contribution in [1.29, 1.82) is 0 Å². The van der Waals surface area contributed by atoms with Crippen molar-refractivity contribution in [1.82, 2.24) is 19.6 Å². The number of aliphatic hydroxyl groups excluding tert-OH is 1. The molecule has 2 aliphatic heterocycles. The fourth-order valence-electron chi connectivity index (χ4n) is 3.06. The third-order valence-corrected chi connectivity index (χ3v) is 4.82. The Morgan fingerprint density at radius 3 is 2.42 bits per heavy atom. The zero-order valence-electron chi connectivity index (χ0n) is 15.2. The van der Waals surface area contributed by atoms with Gasteiger partial charge in [-0.3, -0.25) is 0 Å². The van der Waals surface area contributed by atoms with E-state index in [1.807, 2.05) is 13.2 Å². The van der Waals surface area contributed by atoms with Crippen LogP contribution in [0.5, 0.6) is 0 Å². The van der Waals surface area contributed by atoms with Gasteiger partial charge in [0, 0.05) is 19.8 Å². The SMILES string of the molecule is CC[NH+](CC)CC.CN1C(=O)N2CC(n3ccc(CO)n3)=CC1C2. The standard InChI is InChI=1S/C11H14N4O2.C6H15N/c1-13-9-4-10(6-14(5-9)11(13)17)15-3-2-8(7-16)12-15;1-4-7(5-2)6-3/h2-4,9,16H,5-7H2,1H3;4-6H2,1-3H3/p+1. The predicted molar refractivity (Wildman–Crippen MR) is 93.5 cm³/mol. The summed E-state index contributed by atoms with van der Waals surface area (Å²) < 4.78 is 1.73. The number of likely N-dealkylation sites (N-methyl/N-ethyl adjacent to an activating group) is 1. The van der Waals surface area contributed by atoms with E-state index in [9.17, 15) is 4.79 Å². The van der Waals surface area contributed by atoms with Crippen molar-refractivity contribution in [3.8, 4) is 0 Å². The lowest BCUT2D eigenvalue weighted by Gasteiger charge is -2.21. The van der Waals surface area contributed by atoms with Crippen LogP contribution < -0.4 is 4.90 Å². The Morgan fingerprint density at radius 2 is 1.96 bits per heavy atom. The van der Waals surface area contributed by atoms with E-state index in [0.717, 1.165) is 12.2 Å². The molecule has 3 rings (SSSR count). The fraction of sp³-hybridized carbons (Fsp3) is 0.647. The van der Waals surface area contributed by atoms with Crippen LogP contribution in [-0.2, 0) is 6.61 Å². The molecule has 2 aliphatic rings. The number of aliphatic hydroxyl groups is 1. The summed E-state index contributed by atoms with van der Waals surface area (Å²) in [6.07, 6.45) is 3.88. The average molecular weight is 336 g/mol. The van der Waals surface area contributed by atoms with E-state index in [4.69, 9.17) is 5.11 Å². The van der Waals surface area contributed by atoms with Crippen LogP contribution in [0.1, 0.15) is 26.5 Å². The summed E-state index contributed by atoms with van der Waals surface area (Å²) in [5, 5.41) is 13.2. The second-order valence-corrected chi connectivity index (χ2v) is 6.22. The fourth-order valence-corrected chi connectivity index (χ4v) is 3.06. The highest BCUT2D eigenvalue weighted by Crippen LogP contribution is 2.24. The number of amides is 2. The molecule has 1 unspecified atom stereocenters. The number of aromatic nitrogens is 2. The molecular weight excluding hydrogens is 306 g/mol. The first-order valence-corrected chi connectivity index (χ1v) is 8.75. The van der Waals surface area contributed by atoms with Crippen LogP contribution in [0.3, 0.4) is 0 Å². The van der Waals surface area contributed by atoms with Crippen LogP contribution in [0.15, 0.2) is 18.3 Å². The number of carbonyl (C=O) groups excluding carboxylic acids is 1. The predicted octanol–water partition coefficient (Wildman–Crippen LogP) is -0.103. The molecule has 7 heteroatoms. The molecule has 1 atom stereocenters. The molecule has 0 aliphatic carbocycles. The maximum absolute atomic E-state index is 11.8. The molecule has 0 aromatic carbocycles. The summed E-state index contributed by atoms with van der Waals surface area (Å²) in [6, 6.07) is 1.97. The Morgan fingerprint density at radius 1 is 1.29 bits per heavy atom. The maximum Gasteiger partial charge on any atom is 0.320 e. The van der Waals surface area contributed by atoms with E-state index in [2.05, 4.69) is 31.9 Å². The number of rotatable bonds is 5. The summed E-state index contributed by atoms with van der Waals surface area (Å²) in [7, 11) is 1.81. The minimum Gasteiger partial charge on any atom is -0.390 e. The zero-order valence-corrected chi connectivity index (χ0v) is 15.2. The minimum atomic E-state index is -0.0632. The number of nitrogens with zero attached hydrogens (tertiary/aromatic N) is 4. The summed E-state index contributed by atoms with van der Waals surface area (Å²) in [4.78, 5) is 17.0. The van der Waals surface area contributed by atoms with Gasteiger partial charge in [-0.1, -0.05) is 0 Å². The molecule has 0 spiro atoms. The van der Waals surface area contributed by atoms with Crippen LogP contribution in [0.25, 0.3) is 5.70 Å². The first-order valence-electron chi connectivity index (χ1n) is 8.75. The van der Waals surface area contributed by atoms with E-state index >= 15 is 0 Å². The Hall–Kier alpha value is -1.86.